The fourth-order valence-electron chi connectivity index (χ4n) is 2.54. The Bertz CT molecular complexity index is 575. The van der Waals surface area contributed by atoms with Gasteiger partial charge in [0.2, 0.25) is 10.0 Å². The number of benzene rings is 1. The number of nitrogens with one attached hydrogen (secondary N) is 1. The van der Waals surface area contributed by atoms with Crippen LogP contribution < -0.4 is 5.32 Å². The van der Waals surface area contributed by atoms with E-state index in [4.69, 9.17) is 0 Å². The van der Waals surface area contributed by atoms with E-state index in [0.717, 1.165) is 11.1 Å². The summed E-state index contributed by atoms with van der Waals surface area (Å²) in [6.45, 7) is 9.01. The van der Waals surface area contributed by atoms with Gasteiger partial charge in [0.15, 0.2) is 0 Å². The molecule has 0 bridgehead atoms. The van der Waals surface area contributed by atoms with Crippen LogP contribution in [0.4, 0.5) is 0 Å². The van der Waals surface area contributed by atoms with Crippen molar-refractivity contribution < 1.29 is 8.42 Å². The standard InChI is InChI=1S/C14H22N2O2S.ClH/c1-10-5-6-14(11(2)7-10)19(17,18)16-9-12(3)15-8-13(16)4;/h5-7,12-13,15H,8-9H2,1-4H3;1H. The minimum atomic E-state index is -3.40. The van der Waals surface area contributed by atoms with Gasteiger partial charge in [0, 0.05) is 25.2 Å². The van der Waals surface area contributed by atoms with E-state index >= 15 is 0 Å². The molecule has 1 aromatic rings. The van der Waals surface area contributed by atoms with Crippen LogP contribution in [-0.2, 0) is 10.0 Å². The van der Waals surface area contributed by atoms with Crippen molar-refractivity contribution in [3.05, 3.63) is 29.3 Å². The highest BCUT2D eigenvalue weighted by Crippen LogP contribution is 2.24. The molecular weight excluding hydrogens is 296 g/mol. The molecule has 20 heavy (non-hydrogen) atoms. The van der Waals surface area contributed by atoms with E-state index in [1.807, 2.05) is 39.8 Å². The third-order valence-electron chi connectivity index (χ3n) is 3.62. The minimum absolute atomic E-state index is 0. The first-order chi connectivity index (χ1) is 8.82. The lowest BCUT2D eigenvalue weighted by atomic mass is 10.2. The van der Waals surface area contributed by atoms with Crippen LogP contribution in [0.5, 0.6) is 0 Å². The number of piperazine rings is 1. The summed E-state index contributed by atoms with van der Waals surface area (Å²) < 4.78 is 27.2. The predicted octanol–water partition coefficient (Wildman–Crippen LogP) is 2.10. The second-order valence-corrected chi connectivity index (χ2v) is 7.36. The summed E-state index contributed by atoms with van der Waals surface area (Å²) in [5.41, 5.74) is 1.90. The van der Waals surface area contributed by atoms with Gasteiger partial charge in [0.1, 0.15) is 0 Å². The molecule has 0 aromatic heterocycles. The number of aryl methyl sites for hydroxylation is 2. The van der Waals surface area contributed by atoms with Gasteiger partial charge < -0.3 is 5.32 Å². The van der Waals surface area contributed by atoms with Crippen molar-refractivity contribution in [3.63, 3.8) is 0 Å². The van der Waals surface area contributed by atoms with Crippen molar-refractivity contribution >= 4 is 22.4 Å². The number of nitrogens with zero attached hydrogens (tertiary/aromatic N) is 1. The Morgan fingerprint density at radius 1 is 1.25 bits per heavy atom. The first-order valence-electron chi connectivity index (χ1n) is 6.65. The van der Waals surface area contributed by atoms with Gasteiger partial charge >= 0.3 is 0 Å². The molecule has 0 aliphatic carbocycles. The predicted molar refractivity (Wildman–Crippen MR) is 84.0 cm³/mol. The van der Waals surface area contributed by atoms with E-state index in [-0.39, 0.29) is 24.5 Å². The third kappa shape index (κ3) is 3.34. The van der Waals surface area contributed by atoms with Crippen molar-refractivity contribution in [3.8, 4) is 0 Å². The Kier molecular flexibility index (Phi) is 5.61. The first-order valence-corrected chi connectivity index (χ1v) is 8.09. The number of rotatable bonds is 2. The van der Waals surface area contributed by atoms with Gasteiger partial charge in [-0.15, -0.1) is 12.4 Å². The summed E-state index contributed by atoms with van der Waals surface area (Å²) in [7, 11) is -3.40. The largest absolute Gasteiger partial charge is 0.311 e. The molecule has 4 nitrogen and oxygen atoms in total. The van der Waals surface area contributed by atoms with E-state index in [1.165, 1.54) is 0 Å². The fraction of sp³-hybridized carbons (Fsp3) is 0.571. The quantitative estimate of drug-likeness (QED) is 0.908. The molecule has 114 valence electrons. The van der Waals surface area contributed by atoms with Crippen LogP contribution >= 0.6 is 12.4 Å². The Hall–Kier alpha value is -0.620. The topological polar surface area (TPSA) is 49.4 Å². The summed E-state index contributed by atoms with van der Waals surface area (Å²) in [6.07, 6.45) is 0. The van der Waals surface area contributed by atoms with Crippen molar-refractivity contribution in [2.24, 2.45) is 0 Å². The van der Waals surface area contributed by atoms with E-state index < -0.39 is 10.0 Å². The molecule has 1 saturated heterocycles. The highest BCUT2D eigenvalue weighted by atomic mass is 35.5. The zero-order valence-electron chi connectivity index (χ0n) is 12.4. The van der Waals surface area contributed by atoms with Crippen LogP contribution in [0, 0.1) is 13.8 Å². The average Bonchev–Trinajstić information content (AvgIpc) is 2.31. The molecular formula is C14H23ClN2O2S. The first kappa shape index (κ1) is 17.4. The molecule has 2 rings (SSSR count). The summed E-state index contributed by atoms with van der Waals surface area (Å²) >= 11 is 0. The maximum absolute atomic E-state index is 12.8. The van der Waals surface area contributed by atoms with Gasteiger partial charge in [-0.1, -0.05) is 17.7 Å². The maximum Gasteiger partial charge on any atom is 0.243 e. The van der Waals surface area contributed by atoms with E-state index in [1.54, 1.807) is 10.4 Å². The van der Waals surface area contributed by atoms with Crippen LogP contribution in [0.15, 0.2) is 23.1 Å². The lowest BCUT2D eigenvalue weighted by Gasteiger charge is -2.36. The van der Waals surface area contributed by atoms with E-state index in [0.29, 0.717) is 18.0 Å². The van der Waals surface area contributed by atoms with Crippen molar-refractivity contribution in [2.75, 3.05) is 13.1 Å². The highest BCUT2D eigenvalue weighted by molar-refractivity contribution is 7.89. The Morgan fingerprint density at radius 3 is 2.50 bits per heavy atom. The molecule has 1 aliphatic rings. The second kappa shape index (κ2) is 6.43. The minimum Gasteiger partial charge on any atom is -0.311 e. The van der Waals surface area contributed by atoms with Gasteiger partial charge in [-0.2, -0.15) is 4.31 Å². The Balaban J connectivity index is 0.00000200. The van der Waals surface area contributed by atoms with Crippen LogP contribution in [0.1, 0.15) is 25.0 Å². The zero-order chi connectivity index (χ0) is 14.2. The molecule has 2 atom stereocenters. The van der Waals surface area contributed by atoms with E-state index in [2.05, 4.69) is 5.32 Å². The molecule has 2 unspecified atom stereocenters. The average molecular weight is 319 g/mol. The van der Waals surface area contributed by atoms with Crippen LogP contribution in [-0.4, -0.2) is 37.9 Å². The van der Waals surface area contributed by atoms with Gasteiger partial charge in [-0.3, -0.25) is 0 Å². The molecule has 0 amide bonds. The van der Waals surface area contributed by atoms with Crippen LogP contribution in [0.3, 0.4) is 0 Å². The van der Waals surface area contributed by atoms with Gasteiger partial charge in [-0.25, -0.2) is 8.42 Å². The van der Waals surface area contributed by atoms with Crippen molar-refractivity contribution in [1.82, 2.24) is 9.62 Å². The summed E-state index contributed by atoms with van der Waals surface area (Å²) in [6, 6.07) is 5.68. The third-order valence-corrected chi connectivity index (χ3v) is 5.76. The van der Waals surface area contributed by atoms with Crippen molar-refractivity contribution in [1.29, 1.82) is 0 Å². The normalized spacial score (nSPS) is 24.2. The summed E-state index contributed by atoms with van der Waals surface area (Å²) in [4.78, 5) is 0.430. The van der Waals surface area contributed by atoms with Gasteiger partial charge in [-0.05, 0) is 39.3 Å². The Morgan fingerprint density at radius 2 is 1.90 bits per heavy atom. The number of sulfonamides is 1. The van der Waals surface area contributed by atoms with Gasteiger partial charge in [0.05, 0.1) is 4.90 Å². The number of hydrogen-bond donors (Lipinski definition) is 1. The van der Waals surface area contributed by atoms with Crippen LogP contribution in [0.2, 0.25) is 0 Å². The summed E-state index contributed by atoms with van der Waals surface area (Å²) in [5, 5.41) is 3.30. The van der Waals surface area contributed by atoms with Crippen LogP contribution in [0.25, 0.3) is 0 Å². The molecule has 6 heteroatoms. The zero-order valence-corrected chi connectivity index (χ0v) is 14.0. The molecule has 1 fully saturated rings. The lowest BCUT2D eigenvalue weighted by Crippen LogP contribution is -2.56. The maximum atomic E-state index is 12.8. The van der Waals surface area contributed by atoms with E-state index in [9.17, 15) is 8.42 Å². The highest BCUT2D eigenvalue weighted by Gasteiger charge is 2.33. The second-order valence-electron chi connectivity index (χ2n) is 5.50. The molecule has 0 radical (unpaired) electrons. The number of hydrogen-bond acceptors (Lipinski definition) is 3. The molecule has 1 N–H and O–H groups in total. The molecule has 1 heterocycles. The lowest BCUT2D eigenvalue weighted by molar-refractivity contribution is 0.244. The number of halogens is 1. The monoisotopic (exact) mass is 318 g/mol. The molecule has 0 spiro atoms. The SMILES string of the molecule is Cc1ccc(S(=O)(=O)N2CC(C)NCC2C)c(C)c1.Cl. The Labute approximate surface area is 128 Å². The molecule has 0 saturated carbocycles. The van der Waals surface area contributed by atoms with Gasteiger partial charge in [0.25, 0.3) is 0 Å². The van der Waals surface area contributed by atoms with Crippen molar-refractivity contribution in [2.45, 2.75) is 44.7 Å². The molecule has 1 aromatic carbocycles. The smallest absolute Gasteiger partial charge is 0.243 e. The summed E-state index contributed by atoms with van der Waals surface area (Å²) in [5.74, 6) is 0. The fourth-order valence-corrected chi connectivity index (χ4v) is 4.46. The molecule has 1 aliphatic heterocycles.